The summed E-state index contributed by atoms with van der Waals surface area (Å²) in [4.78, 5) is 19.7. The Kier molecular flexibility index (Phi) is 7.16. The first-order valence-corrected chi connectivity index (χ1v) is 10.5. The summed E-state index contributed by atoms with van der Waals surface area (Å²) in [6.07, 6.45) is 2.86. The van der Waals surface area contributed by atoms with Crippen molar-refractivity contribution in [1.82, 2.24) is 5.06 Å². The number of aliphatic hydroxyl groups excluding tert-OH is 1. The summed E-state index contributed by atoms with van der Waals surface area (Å²) >= 11 is 0. The summed E-state index contributed by atoms with van der Waals surface area (Å²) < 4.78 is 5.99. The molecule has 1 amide bonds. The number of rotatable bonds is 7. The number of benzene rings is 1. The highest BCUT2D eigenvalue weighted by Crippen LogP contribution is 2.40. The number of aliphatic hydroxyl groups is 1. The van der Waals surface area contributed by atoms with E-state index in [1.807, 2.05) is 43.1 Å². The molecule has 7 nitrogen and oxygen atoms in total. The van der Waals surface area contributed by atoms with E-state index in [0.717, 1.165) is 43.6 Å². The maximum absolute atomic E-state index is 11.9. The number of nitrogens with zero attached hydrogens (tertiary/aromatic N) is 2. The van der Waals surface area contributed by atoms with Gasteiger partial charge in [0.25, 0.3) is 0 Å². The van der Waals surface area contributed by atoms with E-state index in [9.17, 15) is 9.90 Å². The van der Waals surface area contributed by atoms with E-state index in [1.165, 1.54) is 0 Å². The van der Waals surface area contributed by atoms with Gasteiger partial charge in [-0.2, -0.15) is 5.06 Å². The predicted octanol–water partition coefficient (Wildman–Crippen LogP) is 1.99. The molecule has 0 spiro atoms. The Morgan fingerprint density at radius 1 is 1.38 bits per heavy atom. The van der Waals surface area contributed by atoms with Crippen LogP contribution in [0.1, 0.15) is 48.0 Å². The molecule has 1 heterocycles. The van der Waals surface area contributed by atoms with Gasteiger partial charge in [0.15, 0.2) is 0 Å². The van der Waals surface area contributed by atoms with Crippen molar-refractivity contribution in [2.75, 3.05) is 45.8 Å². The number of hydrogen-bond donors (Lipinski definition) is 2. The first-order chi connectivity index (χ1) is 13.8. The van der Waals surface area contributed by atoms with Crippen LogP contribution in [-0.2, 0) is 9.57 Å². The zero-order valence-corrected chi connectivity index (χ0v) is 18.0. The first-order valence-electron chi connectivity index (χ1n) is 10.5. The minimum absolute atomic E-state index is 0.0380. The number of carbonyl (C=O) groups is 1. The Morgan fingerprint density at radius 3 is 2.72 bits per heavy atom. The van der Waals surface area contributed by atoms with Gasteiger partial charge in [-0.25, -0.2) is 0 Å². The second-order valence-electron chi connectivity index (χ2n) is 8.71. The van der Waals surface area contributed by atoms with Crippen LogP contribution in [0.2, 0.25) is 0 Å². The molecule has 3 rings (SSSR count). The van der Waals surface area contributed by atoms with Crippen LogP contribution in [-0.4, -0.2) is 69.2 Å². The molecule has 5 atom stereocenters. The molecule has 1 aromatic carbocycles. The molecule has 1 aliphatic carbocycles. The molecule has 1 saturated heterocycles. The average molecular weight is 406 g/mol. The van der Waals surface area contributed by atoms with E-state index in [4.69, 9.17) is 15.3 Å². The van der Waals surface area contributed by atoms with Crippen molar-refractivity contribution in [2.45, 2.75) is 44.3 Å². The third kappa shape index (κ3) is 5.09. The molecule has 7 heteroatoms. The molecule has 3 N–H and O–H groups in total. The van der Waals surface area contributed by atoms with Gasteiger partial charge in [-0.05, 0) is 43.5 Å². The molecule has 162 valence electrons. The number of nitrogens with two attached hydrogens (primary N) is 1. The summed E-state index contributed by atoms with van der Waals surface area (Å²) in [6, 6.07) is 5.90. The maximum Gasteiger partial charge on any atom is 0.248 e. The van der Waals surface area contributed by atoms with Crippen LogP contribution in [0.4, 0.5) is 5.69 Å². The highest BCUT2D eigenvalue weighted by molar-refractivity contribution is 5.94. The Labute approximate surface area is 173 Å². The monoisotopic (exact) mass is 405 g/mol. The number of anilines is 1. The summed E-state index contributed by atoms with van der Waals surface area (Å²) in [7, 11) is 5.69. The van der Waals surface area contributed by atoms with Crippen LogP contribution in [0.5, 0.6) is 0 Å². The number of amides is 1. The van der Waals surface area contributed by atoms with E-state index in [2.05, 4.69) is 6.07 Å². The topological polar surface area (TPSA) is 88.3 Å². The van der Waals surface area contributed by atoms with Crippen LogP contribution < -0.4 is 10.6 Å². The molecule has 0 bridgehead atoms. The van der Waals surface area contributed by atoms with Crippen LogP contribution in [0.15, 0.2) is 18.2 Å². The van der Waals surface area contributed by atoms with Gasteiger partial charge in [-0.3, -0.25) is 9.63 Å². The Hall–Kier alpha value is -1.67. The third-order valence-corrected chi connectivity index (χ3v) is 6.42. The van der Waals surface area contributed by atoms with Crippen molar-refractivity contribution in [3.05, 3.63) is 29.3 Å². The highest BCUT2D eigenvalue weighted by atomic mass is 16.7. The lowest BCUT2D eigenvalue weighted by molar-refractivity contribution is -0.135. The van der Waals surface area contributed by atoms with Crippen molar-refractivity contribution >= 4 is 11.6 Å². The molecular formula is C22H35N3O4. The summed E-state index contributed by atoms with van der Waals surface area (Å²) in [5.74, 6) is 0.273. The van der Waals surface area contributed by atoms with Crippen molar-refractivity contribution in [2.24, 2.45) is 17.6 Å². The van der Waals surface area contributed by atoms with Gasteiger partial charge in [0.1, 0.15) is 0 Å². The normalized spacial score (nSPS) is 29.0. The molecule has 1 aromatic rings. The summed E-state index contributed by atoms with van der Waals surface area (Å²) in [6.45, 7) is 3.92. The first kappa shape index (κ1) is 22.0. The number of methoxy groups -OCH3 is 1. The molecule has 0 radical (unpaired) electrons. The van der Waals surface area contributed by atoms with Gasteiger partial charge >= 0.3 is 0 Å². The van der Waals surface area contributed by atoms with E-state index < -0.39 is 5.91 Å². The van der Waals surface area contributed by atoms with Gasteiger partial charge in [-0.1, -0.05) is 6.42 Å². The van der Waals surface area contributed by atoms with Gasteiger partial charge in [0, 0.05) is 63.3 Å². The second-order valence-corrected chi connectivity index (χ2v) is 8.71. The largest absolute Gasteiger partial charge is 0.393 e. The number of carbonyl (C=O) groups excluding carboxylic acids is 1. The van der Waals surface area contributed by atoms with Gasteiger partial charge < -0.3 is 20.5 Å². The van der Waals surface area contributed by atoms with E-state index in [0.29, 0.717) is 18.1 Å². The molecule has 1 saturated carbocycles. The standard InChI is InChI=1S/C22H35N3O4/c1-14(26)18-12-25(29-13-18)11-15-6-5-7-20(21(15)28-4)16-8-17(22(23)27)10-19(9-16)24(2)3/h8-10,14-15,18,20-21,26H,5-7,11-13H2,1-4H3,(H2,23,27)/t14-,15?,18+,20?,21?/m0/s1. The zero-order chi connectivity index (χ0) is 21.1. The highest BCUT2D eigenvalue weighted by Gasteiger charge is 2.38. The molecular weight excluding hydrogens is 370 g/mol. The third-order valence-electron chi connectivity index (χ3n) is 6.42. The van der Waals surface area contributed by atoms with Gasteiger partial charge in [-0.15, -0.1) is 0 Å². The lowest BCUT2D eigenvalue weighted by atomic mass is 9.75. The molecule has 3 unspecified atom stereocenters. The lowest BCUT2D eigenvalue weighted by Gasteiger charge is -2.39. The van der Waals surface area contributed by atoms with Crippen LogP contribution in [0.25, 0.3) is 0 Å². The van der Waals surface area contributed by atoms with Crippen LogP contribution in [0, 0.1) is 11.8 Å². The molecule has 2 aliphatic rings. The number of hydrogen-bond acceptors (Lipinski definition) is 6. The second kappa shape index (κ2) is 9.43. The van der Waals surface area contributed by atoms with Crippen LogP contribution in [0.3, 0.4) is 0 Å². The Balaban J connectivity index is 1.80. The van der Waals surface area contributed by atoms with Gasteiger partial charge in [0.05, 0.1) is 18.8 Å². The van der Waals surface area contributed by atoms with E-state index >= 15 is 0 Å². The van der Waals surface area contributed by atoms with Crippen molar-refractivity contribution in [3.8, 4) is 0 Å². The van der Waals surface area contributed by atoms with E-state index in [-0.39, 0.29) is 24.0 Å². The van der Waals surface area contributed by atoms with E-state index in [1.54, 1.807) is 7.11 Å². The molecule has 29 heavy (non-hydrogen) atoms. The maximum atomic E-state index is 11.9. The van der Waals surface area contributed by atoms with Crippen LogP contribution >= 0.6 is 0 Å². The minimum Gasteiger partial charge on any atom is -0.393 e. The fraction of sp³-hybridized carbons (Fsp3) is 0.682. The molecule has 2 fully saturated rings. The Bertz CT molecular complexity index is 709. The van der Waals surface area contributed by atoms with Crippen molar-refractivity contribution in [1.29, 1.82) is 0 Å². The SMILES string of the molecule is COC1C(CN2C[C@@H]([C@H](C)O)CO2)CCCC1c1cc(C(N)=O)cc(N(C)C)c1. The molecule has 1 aliphatic heterocycles. The van der Waals surface area contributed by atoms with Crippen molar-refractivity contribution in [3.63, 3.8) is 0 Å². The Morgan fingerprint density at radius 2 is 2.14 bits per heavy atom. The summed E-state index contributed by atoms with van der Waals surface area (Å²) in [5.41, 5.74) is 8.19. The van der Waals surface area contributed by atoms with Crippen molar-refractivity contribution < 1.29 is 19.5 Å². The summed E-state index contributed by atoms with van der Waals surface area (Å²) in [5, 5.41) is 11.8. The number of primary amides is 1. The number of hydroxylamine groups is 2. The fourth-order valence-electron chi connectivity index (χ4n) is 4.66. The smallest absolute Gasteiger partial charge is 0.248 e. The zero-order valence-electron chi connectivity index (χ0n) is 18.0. The fourth-order valence-corrected chi connectivity index (χ4v) is 4.66. The quantitative estimate of drug-likeness (QED) is 0.721. The average Bonchev–Trinajstić information content (AvgIpc) is 3.16. The predicted molar refractivity (Wildman–Crippen MR) is 113 cm³/mol. The minimum atomic E-state index is -0.411. The number of ether oxygens (including phenoxy) is 1. The lowest BCUT2D eigenvalue weighted by Crippen LogP contribution is -2.40. The van der Waals surface area contributed by atoms with Gasteiger partial charge in [0.2, 0.25) is 5.91 Å². The molecule has 0 aromatic heterocycles.